The first-order valence-electron chi connectivity index (χ1n) is 21.2. The Hall–Kier alpha value is -5.64. The largest absolute Gasteiger partial charge is 0.507 e. The zero-order valence-corrected chi connectivity index (χ0v) is 35.6. The van der Waals surface area contributed by atoms with Gasteiger partial charge in [-0.25, -0.2) is 4.98 Å². The maximum atomic E-state index is 14.2. The second-order valence-corrected chi connectivity index (χ2v) is 18.3. The number of phenols is 1. The van der Waals surface area contributed by atoms with Crippen molar-refractivity contribution in [1.29, 1.82) is 0 Å². The van der Waals surface area contributed by atoms with Crippen molar-refractivity contribution >= 4 is 34.2 Å². The van der Waals surface area contributed by atoms with Crippen LogP contribution in [0.15, 0.2) is 76.8 Å². The number of aliphatic hydroxyl groups excluding tert-OH is 1. The summed E-state index contributed by atoms with van der Waals surface area (Å²) < 4.78 is 11.7. The number of rotatable bonds is 14. The highest BCUT2D eigenvalue weighted by molar-refractivity contribution is 7.13. The number of carbonyl (C=O) groups excluding carboxylic acids is 2. The third-order valence-corrected chi connectivity index (χ3v) is 14.1. The second-order valence-electron chi connectivity index (χ2n) is 17.4. The van der Waals surface area contributed by atoms with Crippen molar-refractivity contribution in [2.24, 2.45) is 11.3 Å². The number of benzene rings is 2. The lowest BCUT2D eigenvalue weighted by Crippen LogP contribution is -2.59. The van der Waals surface area contributed by atoms with Crippen LogP contribution in [0.25, 0.3) is 32.7 Å². The number of hydrogen-bond donors (Lipinski definition) is 5. The molecular weight excluding hydrogens is 793 g/mol. The number of aryl methyl sites for hydroxylation is 1. The van der Waals surface area contributed by atoms with Gasteiger partial charge in [-0.05, 0) is 91.4 Å². The number of carbonyl (C=O) groups is 2. The van der Waals surface area contributed by atoms with E-state index in [0.29, 0.717) is 48.0 Å². The first kappa shape index (κ1) is 40.7. The van der Waals surface area contributed by atoms with Crippen molar-refractivity contribution < 1.29 is 29.1 Å². The van der Waals surface area contributed by atoms with Crippen molar-refractivity contribution in [3.8, 4) is 33.3 Å². The molecule has 9 rings (SSSR count). The fourth-order valence-electron chi connectivity index (χ4n) is 9.63. The van der Waals surface area contributed by atoms with Crippen molar-refractivity contribution in [3.05, 3.63) is 95.0 Å². The Morgan fingerprint density at radius 2 is 1.89 bits per heavy atom. The van der Waals surface area contributed by atoms with Crippen LogP contribution in [-0.4, -0.2) is 90.1 Å². The summed E-state index contributed by atoms with van der Waals surface area (Å²) >= 11 is 1.59. The van der Waals surface area contributed by atoms with Gasteiger partial charge in [0.2, 0.25) is 11.8 Å². The van der Waals surface area contributed by atoms with Crippen LogP contribution in [0, 0.1) is 18.3 Å². The summed E-state index contributed by atoms with van der Waals surface area (Å²) in [5.41, 5.74) is 8.32. The van der Waals surface area contributed by atoms with Crippen LogP contribution in [0.2, 0.25) is 0 Å². The third kappa shape index (κ3) is 8.02. The number of para-hydroxylation sites is 1. The molecule has 4 aromatic heterocycles. The van der Waals surface area contributed by atoms with Crippen molar-refractivity contribution in [2.75, 3.05) is 19.7 Å². The molecule has 5 N–H and O–H groups in total. The number of nitrogens with one attached hydrogen (secondary N) is 3. The molecule has 14 nitrogen and oxygen atoms in total. The number of β-amino-alcohol motifs (C(OH)–C–C–N with tert-alkyl or cyclic N) is 1. The summed E-state index contributed by atoms with van der Waals surface area (Å²) in [7, 11) is 0. The van der Waals surface area contributed by atoms with Gasteiger partial charge in [0, 0.05) is 54.2 Å². The van der Waals surface area contributed by atoms with E-state index in [1.165, 1.54) is 17.0 Å². The van der Waals surface area contributed by atoms with Crippen molar-refractivity contribution in [2.45, 2.75) is 95.9 Å². The number of likely N-dealkylation sites (tertiary alicyclic amines) is 1. The summed E-state index contributed by atoms with van der Waals surface area (Å²) in [6.07, 6.45) is 3.82. The van der Waals surface area contributed by atoms with E-state index in [9.17, 15) is 19.8 Å². The smallest absolute Gasteiger partial charge is 0.254 e. The molecule has 1 saturated heterocycles. The number of hydrogen-bond acceptors (Lipinski definition) is 12. The predicted molar refractivity (Wildman–Crippen MR) is 231 cm³/mol. The molecule has 0 unspecified atom stereocenters. The van der Waals surface area contributed by atoms with Crippen LogP contribution in [0.1, 0.15) is 93.5 Å². The van der Waals surface area contributed by atoms with Crippen molar-refractivity contribution in [3.63, 3.8) is 0 Å². The third-order valence-electron chi connectivity index (χ3n) is 13.1. The molecule has 2 aliphatic carbocycles. The molecule has 15 heteroatoms. The van der Waals surface area contributed by atoms with E-state index in [1.54, 1.807) is 29.5 Å². The number of nitrogens with zero attached hydrogens (tertiary/aromatic N) is 5. The molecule has 61 heavy (non-hydrogen) atoms. The van der Waals surface area contributed by atoms with E-state index < -0.39 is 18.1 Å². The summed E-state index contributed by atoms with van der Waals surface area (Å²) in [6, 6.07) is 20.3. The zero-order valence-electron chi connectivity index (χ0n) is 34.8. The van der Waals surface area contributed by atoms with E-state index >= 15 is 0 Å². The monoisotopic (exact) mass is 844 g/mol. The first-order chi connectivity index (χ1) is 29.5. The van der Waals surface area contributed by atoms with Crippen molar-refractivity contribution in [1.82, 2.24) is 40.9 Å². The summed E-state index contributed by atoms with van der Waals surface area (Å²) in [6.45, 7) is 8.83. The van der Waals surface area contributed by atoms with Gasteiger partial charge in [-0.15, -0.1) is 21.5 Å². The number of thiazole rings is 1. The summed E-state index contributed by atoms with van der Waals surface area (Å²) in [4.78, 5) is 38.3. The molecule has 2 saturated carbocycles. The van der Waals surface area contributed by atoms with Crippen LogP contribution >= 0.6 is 11.3 Å². The molecule has 0 bridgehead atoms. The van der Waals surface area contributed by atoms with Crippen LogP contribution in [-0.2, 0) is 9.59 Å². The molecule has 5 heterocycles. The van der Waals surface area contributed by atoms with Gasteiger partial charge in [-0.1, -0.05) is 50.2 Å². The Morgan fingerprint density at radius 1 is 1.08 bits per heavy atom. The maximum Gasteiger partial charge on any atom is 0.254 e. The Kier molecular flexibility index (Phi) is 11.1. The quantitative estimate of drug-likeness (QED) is 0.0708. The lowest BCUT2D eigenvalue weighted by molar-refractivity contribution is -0.141. The average molecular weight is 845 g/mol. The van der Waals surface area contributed by atoms with Crippen LogP contribution in [0.5, 0.6) is 11.6 Å². The minimum Gasteiger partial charge on any atom is -0.507 e. The van der Waals surface area contributed by atoms with Gasteiger partial charge in [-0.3, -0.25) is 9.59 Å². The second kappa shape index (κ2) is 16.7. The highest BCUT2D eigenvalue weighted by atomic mass is 32.1. The molecule has 1 aliphatic heterocycles. The van der Waals surface area contributed by atoms with E-state index in [1.807, 2.05) is 75.7 Å². The SMILES string of the molecule is Cc1ncsc1-c1ccc([C@H](C)NC(=O)[C@@H]2C[C@@H](O)CN2C(=O)[C@@H](c2cc(OCCN[C@@H]3CC[C@]34C[C@@H](c3cc5cc(-c6ccccc6O)nnc5[nH]3)C4)no2)C(C)C)cc1. The lowest BCUT2D eigenvalue weighted by atomic mass is 9.48. The number of aromatic amines is 1. The highest BCUT2D eigenvalue weighted by Crippen LogP contribution is 2.62. The highest BCUT2D eigenvalue weighted by Gasteiger charge is 2.55. The van der Waals surface area contributed by atoms with Gasteiger partial charge in [-0.2, -0.15) is 0 Å². The molecule has 3 aliphatic rings. The standard InChI is InChI=1S/C46H52N8O6S/c1-25(2)41(45(58)54-23-32(55)19-36(54)44(57)49-26(3)28-9-11-29(12-10-28)42-27(4)48-24-61-42)38-20-40(53-60-38)59-16-15-47-39-13-14-46(39)21-31(22-46)34-17-30-18-35(51-52-43(30)50-34)33-7-5-6-8-37(33)56/h5-12,17-18,20,24-26,31-32,36,39,41,47,55-56H,13-16,19,21-23H2,1-4H3,(H,49,57)(H,50,52)/t26-,31-,32+,36-,39+,41+,46-/m0/s1. The van der Waals surface area contributed by atoms with Gasteiger partial charge >= 0.3 is 0 Å². The predicted octanol–water partition coefficient (Wildman–Crippen LogP) is 7.02. The van der Waals surface area contributed by atoms with Crippen LogP contribution in [0.3, 0.4) is 0 Å². The number of ether oxygens (including phenoxy) is 1. The lowest BCUT2D eigenvalue weighted by Gasteiger charge is -2.59. The van der Waals surface area contributed by atoms with Gasteiger partial charge in [0.1, 0.15) is 24.3 Å². The Balaban J connectivity index is 0.760. The Labute approximate surface area is 358 Å². The molecule has 0 radical (unpaired) electrons. The molecule has 1 spiro atoms. The van der Waals surface area contributed by atoms with Gasteiger partial charge in [0.05, 0.1) is 33.9 Å². The number of amides is 2. The molecule has 2 aromatic carbocycles. The minimum absolute atomic E-state index is 0.0577. The fourth-order valence-corrected chi connectivity index (χ4v) is 10.4. The van der Waals surface area contributed by atoms with E-state index in [2.05, 4.69) is 42.0 Å². The van der Waals surface area contributed by atoms with E-state index in [0.717, 1.165) is 52.0 Å². The van der Waals surface area contributed by atoms with E-state index in [4.69, 9.17) is 9.26 Å². The fraction of sp³-hybridized carbons (Fsp3) is 0.435. The minimum atomic E-state index is -0.822. The topological polar surface area (TPSA) is 192 Å². The Morgan fingerprint density at radius 3 is 2.61 bits per heavy atom. The summed E-state index contributed by atoms with van der Waals surface area (Å²) in [5.74, 6) is -0.212. The average Bonchev–Trinajstić information content (AvgIpc) is 4.04. The molecule has 6 aromatic rings. The van der Waals surface area contributed by atoms with Crippen LogP contribution < -0.4 is 15.4 Å². The molecule has 2 amide bonds. The molecular formula is C46H52N8O6S. The van der Waals surface area contributed by atoms with Crippen LogP contribution in [0.4, 0.5) is 0 Å². The molecule has 318 valence electrons. The van der Waals surface area contributed by atoms with Gasteiger partial charge in [0.15, 0.2) is 11.4 Å². The zero-order chi connectivity index (χ0) is 42.4. The maximum absolute atomic E-state index is 14.2. The number of fused-ring (bicyclic) bond motifs is 1. The summed E-state index contributed by atoms with van der Waals surface area (Å²) in [5, 5.41) is 41.6. The van der Waals surface area contributed by atoms with Gasteiger partial charge < -0.3 is 40.0 Å². The normalized spacial score (nSPS) is 23.2. The number of H-pyrrole nitrogens is 1. The Bertz CT molecular complexity index is 2530. The number of aromatic nitrogens is 5. The number of phenolic OH excluding ortho intramolecular Hbond substituents is 1. The van der Waals surface area contributed by atoms with Gasteiger partial charge in [0.25, 0.3) is 5.88 Å². The number of aliphatic hydroxyl groups is 1. The number of aromatic hydroxyl groups is 1. The molecule has 5 atom stereocenters. The first-order valence-corrected chi connectivity index (χ1v) is 22.1. The van der Waals surface area contributed by atoms with E-state index in [-0.39, 0.29) is 47.9 Å². The molecule has 3 fully saturated rings.